The van der Waals surface area contributed by atoms with Crippen LogP contribution in [0.2, 0.25) is 0 Å². The third-order valence-electron chi connectivity index (χ3n) is 3.55. The van der Waals surface area contributed by atoms with Crippen LogP contribution < -0.4 is 5.32 Å². The monoisotopic (exact) mass is 243 g/mol. The molecule has 1 aromatic heterocycles. The van der Waals surface area contributed by atoms with Crippen LogP contribution in [0.5, 0.6) is 0 Å². The van der Waals surface area contributed by atoms with E-state index in [4.69, 9.17) is 10.00 Å². The van der Waals surface area contributed by atoms with Crippen molar-refractivity contribution in [2.75, 3.05) is 0 Å². The molecule has 2 aliphatic heterocycles. The number of fused-ring (bicyclic) bond motifs is 2. The maximum atomic E-state index is 12.0. The van der Waals surface area contributed by atoms with Crippen LogP contribution in [0.15, 0.2) is 18.3 Å². The van der Waals surface area contributed by atoms with Gasteiger partial charge >= 0.3 is 0 Å². The summed E-state index contributed by atoms with van der Waals surface area (Å²) in [4.78, 5) is 15.9. The van der Waals surface area contributed by atoms with E-state index in [2.05, 4.69) is 10.3 Å². The molecule has 3 heterocycles. The van der Waals surface area contributed by atoms with Gasteiger partial charge < -0.3 is 10.1 Å². The molecule has 3 rings (SSSR count). The van der Waals surface area contributed by atoms with Gasteiger partial charge in [-0.2, -0.15) is 5.26 Å². The number of aromatic nitrogens is 1. The van der Waals surface area contributed by atoms with Gasteiger partial charge in [0, 0.05) is 6.20 Å². The fourth-order valence-electron chi connectivity index (χ4n) is 2.63. The zero-order valence-corrected chi connectivity index (χ0v) is 9.80. The molecule has 2 saturated heterocycles. The Morgan fingerprint density at radius 2 is 2.39 bits per heavy atom. The van der Waals surface area contributed by atoms with Crippen molar-refractivity contribution < 1.29 is 9.53 Å². The van der Waals surface area contributed by atoms with Crippen molar-refractivity contribution in [2.24, 2.45) is 0 Å². The Kier molecular flexibility index (Phi) is 2.73. The molecule has 0 spiro atoms. The molecule has 1 N–H and O–H groups in total. The van der Waals surface area contributed by atoms with Crippen LogP contribution in [-0.4, -0.2) is 29.1 Å². The second-order valence-corrected chi connectivity index (χ2v) is 4.73. The average molecular weight is 243 g/mol. The SMILES string of the molecule is N#Cc1ccc(C(=O)NC2CC3CCC2O3)nc1. The summed E-state index contributed by atoms with van der Waals surface area (Å²) in [6.45, 7) is 0. The maximum Gasteiger partial charge on any atom is 0.270 e. The molecule has 18 heavy (non-hydrogen) atoms. The van der Waals surface area contributed by atoms with Crippen molar-refractivity contribution in [1.29, 1.82) is 5.26 Å². The van der Waals surface area contributed by atoms with Crippen molar-refractivity contribution in [3.8, 4) is 6.07 Å². The number of carbonyl (C=O) groups is 1. The smallest absolute Gasteiger partial charge is 0.270 e. The van der Waals surface area contributed by atoms with E-state index in [0.717, 1.165) is 19.3 Å². The fourth-order valence-corrected chi connectivity index (χ4v) is 2.63. The molecule has 0 radical (unpaired) electrons. The Hall–Kier alpha value is -1.93. The Bertz CT molecular complexity index is 506. The molecule has 2 aliphatic rings. The molecule has 5 nitrogen and oxygen atoms in total. The van der Waals surface area contributed by atoms with Crippen LogP contribution in [-0.2, 0) is 4.74 Å². The predicted molar refractivity (Wildman–Crippen MR) is 62.7 cm³/mol. The Morgan fingerprint density at radius 3 is 2.94 bits per heavy atom. The van der Waals surface area contributed by atoms with Gasteiger partial charge in [0.05, 0.1) is 23.8 Å². The minimum absolute atomic E-state index is 0.105. The van der Waals surface area contributed by atoms with Gasteiger partial charge in [-0.25, -0.2) is 4.98 Å². The fraction of sp³-hybridized carbons (Fsp3) is 0.462. The van der Waals surface area contributed by atoms with E-state index in [1.165, 1.54) is 6.20 Å². The van der Waals surface area contributed by atoms with E-state index in [0.29, 0.717) is 17.4 Å². The molecule has 92 valence electrons. The van der Waals surface area contributed by atoms with Crippen molar-refractivity contribution in [3.63, 3.8) is 0 Å². The first-order chi connectivity index (χ1) is 8.76. The van der Waals surface area contributed by atoms with Gasteiger partial charge in [0.1, 0.15) is 11.8 Å². The lowest BCUT2D eigenvalue weighted by Crippen LogP contribution is -2.41. The van der Waals surface area contributed by atoms with E-state index < -0.39 is 0 Å². The number of pyridine rings is 1. The topological polar surface area (TPSA) is 75.0 Å². The Morgan fingerprint density at radius 1 is 1.50 bits per heavy atom. The maximum absolute atomic E-state index is 12.0. The summed E-state index contributed by atoms with van der Waals surface area (Å²) in [5.41, 5.74) is 0.798. The Balaban J connectivity index is 1.66. The molecule has 2 fully saturated rings. The van der Waals surface area contributed by atoms with Crippen LogP contribution in [0.4, 0.5) is 0 Å². The van der Waals surface area contributed by atoms with E-state index in [-0.39, 0.29) is 18.1 Å². The summed E-state index contributed by atoms with van der Waals surface area (Å²) in [7, 11) is 0. The molecule has 2 bridgehead atoms. The van der Waals surface area contributed by atoms with Crippen LogP contribution in [0.25, 0.3) is 0 Å². The van der Waals surface area contributed by atoms with Crippen molar-refractivity contribution in [3.05, 3.63) is 29.6 Å². The molecular weight excluding hydrogens is 230 g/mol. The number of hydrogen-bond donors (Lipinski definition) is 1. The summed E-state index contributed by atoms with van der Waals surface area (Å²) < 4.78 is 5.68. The molecule has 3 atom stereocenters. The standard InChI is InChI=1S/C13H13N3O2/c14-6-8-1-3-10(15-7-8)13(17)16-11-5-9-2-4-12(11)18-9/h1,3,7,9,11-12H,2,4-5H2,(H,16,17). The molecule has 5 heteroatoms. The summed E-state index contributed by atoms with van der Waals surface area (Å²) in [5.74, 6) is -0.194. The quantitative estimate of drug-likeness (QED) is 0.841. The van der Waals surface area contributed by atoms with Crippen molar-refractivity contribution >= 4 is 5.91 Å². The highest BCUT2D eigenvalue weighted by Crippen LogP contribution is 2.34. The van der Waals surface area contributed by atoms with Gasteiger partial charge in [-0.3, -0.25) is 4.79 Å². The first kappa shape index (κ1) is 11.2. The first-order valence-electron chi connectivity index (χ1n) is 6.09. The normalized spacial score (nSPS) is 28.9. The second-order valence-electron chi connectivity index (χ2n) is 4.73. The lowest BCUT2D eigenvalue weighted by molar-refractivity contribution is 0.0837. The zero-order valence-electron chi connectivity index (χ0n) is 9.80. The van der Waals surface area contributed by atoms with E-state index in [9.17, 15) is 4.79 Å². The van der Waals surface area contributed by atoms with Gasteiger partial charge in [0.2, 0.25) is 0 Å². The number of nitrogens with one attached hydrogen (secondary N) is 1. The van der Waals surface area contributed by atoms with E-state index in [1.807, 2.05) is 6.07 Å². The molecule has 0 aliphatic carbocycles. The van der Waals surface area contributed by atoms with Crippen LogP contribution in [0.1, 0.15) is 35.3 Å². The largest absolute Gasteiger partial charge is 0.373 e. The van der Waals surface area contributed by atoms with E-state index >= 15 is 0 Å². The zero-order chi connectivity index (χ0) is 12.5. The van der Waals surface area contributed by atoms with Gasteiger partial charge in [0.15, 0.2) is 0 Å². The number of ether oxygens (including phenoxy) is 1. The number of nitrogens with zero attached hydrogens (tertiary/aromatic N) is 2. The third kappa shape index (κ3) is 1.95. The third-order valence-corrected chi connectivity index (χ3v) is 3.55. The molecule has 1 amide bonds. The molecule has 0 aromatic carbocycles. The van der Waals surface area contributed by atoms with Crippen molar-refractivity contribution in [2.45, 2.75) is 37.5 Å². The lowest BCUT2D eigenvalue weighted by Gasteiger charge is -2.19. The summed E-state index contributed by atoms with van der Waals surface area (Å²) in [5, 5.41) is 11.6. The number of hydrogen-bond acceptors (Lipinski definition) is 4. The molecule has 0 saturated carbocycles. The summed E-state index contributed by atoms with van der Waals surface area (Å²) in [6.07, 6.45) is 4.91. The van der Waals surface area contributed by atoms with E-state index in [1.54, 1.807) is 12.1 Å². The minimum atomic E-state index is -0.194. The van der Waals surface area contributed by atoms with Crippen molar-refractivity contribution in [1.82, 2.24) is 10.3 Å². The summed E-state index contributed by atoms with van der Waals surface area (Å²) in [6, 6.07) is 5.25. The molecule has 1 aromatic rings. The number of amides is 1. The number of rotatable bonds is 2. The average Bonchev–Trinajstić information content (AvgIpc) is 3.01. The Labute approximate surface area is 105 Å². The predicted octanol–water partition coefficient (Wildman–Crippen LogP) is 1.00. The van der Waals surface area contributed by atoms with Gasteiger partial charge in [-0.1, -0.05) is 0 Å². The van der Waals surface area contributed by atoms with Gasteiger partial charge in [-0.15, -0.1) is 0 Å². The van der Waals surface area contributed by atoms with Crippen LogP contribution in [0, 0.1) is 11.3 Å². The van der Waals surface area contributed by atoms with Gasteiger partial charge in [-0.05, 0) is 31.4 Å². The molecule has 3 unspecified atom stereocenters. The highest BCUT2D eigenvalue weighted by molar-refractivity contribution is 5.92. The molecular formula is C13H13N3O2. The second kappa shape index (κ2) is 4.39. The first-order valence-corrected chi connectivity index (χ1v) is 6.09. The highest BCUT2D eigenvalue weighted by atomic mass is 16.5. The van der Waals surface area contributed by atoms with Crippen LogP contribution >= 0.6 is 0 Å². The van der Waals surface area contributed by atoms with Gasteiger partial charge in [0.25, 0.3) is 5.91 Å². The van der Waals surface area contributed by atoms with Crippen LogP contribution in [0.3, 0.4) is 0 Å². The number of carbonyl (C=O) groups excluding carboxylic acids is 1. The lowest BCUT2D eigenvalue weighted by atomic mass is 9.95. The number of nitriles is 1. The minimum Gasteiger partial charge on any atom is -0.373 e. The summed E-state index contributed by atoms with van der Waals surface area (Å²) >= 11 is 0. The highest BCUT2D eigenvalue weighted by Gasteiger charge is 2.41.